The predicted molar refractivity (Wildman–Crippen MR) is 62.9 cm³/mol. The number of hydrogen-bond acceptors (Lipinski definition) is 6. The summed E-state index contributed by atoms with van der Waals surface area (Å²) in [7, 11) is 4.41. The Hall–Kier alpha value is -1.86. The van der Waals surface area contributed by atoms with Crippen molar-refractivity contribution >= 4 is 5.69 Å². The second-order valence-electron chi connectivity index (χ2n) is 3.30. The van der Waals surface area contributed by atoms with Crippen molar-refractivity contribution in [2.45, 2.75) is 6.29 Å². The Bertz CT molecular complexity index is 405. The van der Waals surface area contributed by atoms with Crippen LogP contribution in [0.15, 0.2) is 18.2 Å². The summed E-state index contributed by atoms with van der Waals surface area (Å²) >= 11 is 0. The van der Waals surface area contributed by atoms with Crippen molar-refractivity contribution in [1.29, 1.82) is 0 Å². The standard InChI is InChI=1S/C11H15NO6/c1-15-9-5-4-8(12(13)14)6-10(9)18-7-11(16-2)17-3/h4-6,11H,7H2,1-3H3. The van der Waals surface area contributed by atoms with E-state index in [-0.39, 0.29) is 18.0 Å². The SMILES string of the molecule is COc1ccc([N+](=O)[O-])cc1OCC(OC)OC. The van der Waals surface area contributed by atoms with Crippen LogP contribution in [-0.2, 0) is 9.47 Å². The molecule has 0 radical (unpaired) electrons. The van der Waals surface area contributed by atoms with Crippen LogP contribution in [0.3, 0.4) is 0 Å². The van der Waals surface area contributed by atoms with Crippen LogP contribution < -0.4 is 9.47 Å². The minimum absolute atomic E-state index is 0.0721. The topological polar surface area (TPSA) is 80.1 Å². The van der Waals surface area contributed by atoms with Crippen molar-refractivity contribution in [2.75, 3.05) is 27.9 Å². The van der Waals surface area contributed by atoms with Crippen LogP contribution in [0.2, 0.25) is 0 Å². The van der Waals surface area contributed by atoms with Crippen molar-refractivity contribution < 1.29 is 23.9 Å². The third-order valence-electron chi connectivity index (χ3n) is 2.26. The Balaban J connectivity index is 2.84. The van der Waals surface area contributed by atoms with E-state index in [0.717, 1.165) is 0 Å². The summed E-state index contributed by atoms with van der Waals surface area (Å²) in [6.45, 7) is 0.102. The molecular formula is C11H15NO6. The number of nitrogens with zero attached hydrogens (tertiary/aromatic N) is 1. The van der Waals surface area contributed by atoms with Gasteiger partial charge in [0.05, 0.1) is 18.1 Å². The van der Waals surface area contributed by atoms with Gasteiger partial charge in [0, 0.05) is 20.3 Å². The van der Waals surface area contributed by atoms with Crippen LogP contribution in [0.5, 0.6) is 11.5 Å². The fourth-order valence-corrected chi connectivity index (χ4v) is 1.28. The molecule has 100 valence electrons. The van der Waals surface area contributed by atoms with Crippen molar-refractivity contribution in [3.63, 3.8) is 0 Å². The van der Waals surface area contributed by atoms with Crippen LogP contribution in [0, 0.1) is 10.1 Å². The lowest BCUT2D eigenvalue weighted by Crippen LogP contribution is -2.22. The van der Waals surface area contributed by atoms with Gasteiger partial charge in [-0.2, -0.15) is 0 Å². The van der Waals surface area contributed by atoms with Gasteiger partial charge in [-0.15, -0.1) is 0 Å². The van der Waals surface area contributed by atoms with Gasteiger partial charge in [-0.25, -0.2) is 0 Å². The molecule has 7 heteroatoms. The summed E-state index contributed by atoms with van der Waals surface area (Å²) in [5.74, 6) is 0.678. The van der Waals surface area contributed by atoms with Crippen molar-refractivity contribution in [3.8, 4) is 11.5 Å². The van der Waals surface area contributed by atoms with Gasteiger partial charge < -0.3 is 18.9 Å². The molecule has 0 aliphatic carbocycles. The van der Waals surface area contributed by atoms with E-state index in [1.807, 2.05) is 0 Å². The third kappa shape index (κ3) is 3.57. The van der Waals surface area contributed by atoms with E-state index in [9.17, 15) is 10.1 Å². The Morgan fingerprint density at radius 2 is 1.89 bits per heavy atom. The maximum absolute atomic E-state index is 10.7. The molecule has 0 saturated carbocycles. The van der Waals surface area contributed by atoms with Crippen LogP contribution in [0.1, 0.15) is 0 Å². The van der Waals surface area contributed by atoms with Gasteiger partial charge in [-0.05, 0) is 6.07 Å². The minimum Gasteiger partial charge on any atom is -0.493 e. The molecule has 1 rings (SSSR count). The highest BCUT2D eigenvalue weighted by molar-refractivity contribution is 5.48. The molecule has 1 aromatic rings. The zero-order chi connectivity index (χ0) is 13.5. The summed E-state index contributed by atoms with van der Waals surface area (Å²) < 4.78 is 20.3. The monoisotopic (exact) mass is 257 g/mol. The van der Waals surface area contributed by atoms with Crippen molar-refractivity contribution in [3.05, 3.63) is 28.3 Å². The second-order valence-corrected chi connectivity index (χ2v) is 3.30. The zero-order valence-corrected chi connectivity index (χ0v) is 10.4. The fraction of sp³-hybridized carbons (Fsp3) is 0.455. The number of methoxy groups -OCH3 is 3. The van der Waals surface area contributed by atoms with Crippen LogP contribution in [0.25, 0.3) is 0 Å². The maximum Gasteiger partial charge on any atom is 0.273 e. The highest BCUT2D eigenvalue weighted by atomic mass is 16.7. The van der Waals surface area contributed by atoms with Crippen LogP contribution in [-0.4, -0.2) is 39.1 Å². The number of non-ortho nitro benzene ring substituents is 1. The molecule has 18 heavy (non-hydrogen) atoms. The Morgan fingerprint density at radius 3 is 2.39 bits per heavy atom. The Labute approximate surface area is 104 Å². The molecule has 0 spiro atoms. The normalized spacial score (nSPS) is 10.4. The van der Waals surface area contributed by atoms with Gasteiger partial charge in [-0.1, -0.05) is 0 Å². The predicted octanol–water partition coefficient (Wildman–Crippen LogP) is 1.60. The first-order valence-corrected chi connectivity index (χ1v) is 5.13. The lowest BCUT2D eigenvalue weighted by molar-refractivity contribution is -0.385. The molecule has 0 N–H and O–H groups in total. The number of nitro benzene ring substituents is 1. The summed E-state index contributed by atoms with van der Waals surface area (Å²) in [5, 5.41) is 10.7. The van der Waals surface area contributed by atoms with E-state index >= 15 is 0 Å². The summed E-state index contributed by atoms with van der Waals surface area (Å²) in [4.78, 5) is 10.2. The molecule has 0 bridgehead atoms. The third-order valence-corrected chi connectivity index (χ3v) is 2.26. The molecule has 0 amide bonds. The smallest absolute Gasteiger partial charge is 0.273 e. The first-order valence-electron chi connectivity index (χ1n) is 5.13. The summed E-state index contributed by atoms with van der Waals surface area (Å²) in [6.07, 6.45) is -0.547. The number of ether oxygens (including phenoxy) is 4. The van der Waals surface area contributed by atoms with Gasteiger partial charge in [0.15, 0.2) is 17.8 Å². The maximum atomic E-state index is 10.7. The van der Waals surface area contributed by atoms with Crippen molar-refractivity contribution in [1.82, 2.24) is 0 Å². The largest absolute Gasteiger partial charge is 0.493 e. The highest BCUT2D eigenvalue weighted by Gasteiger charge is 2.14. The molecule has 0 heterocycles. The van der Waals surface area contributed by atoms with E-state index in [1.54, 1.807) is 0 Å². The van der Waals surface area contributed by atoms with Gasteiger partial charge >= 0.3 is 0 Å². The first kappa shape index (κ1) is 14.2. The summed E-state index contributed by atoms with van der Waals surface area (Å²) in [6, 6.07) is 4.11. The molecule has 0 atom stereocenters. The quantitative estimate of drug-likeness (QED) is 0.419. The lowest BCUT2D eigenvalue weighted by Gasteiger charge is -2.15. The summed E-state index contributed by atoms with van der Waals surface area (Å²) in [5.41, 5.74) is -0.0721. The van der Waals surface area contributed by atoms with E-state index in [2.05, 4.69) is 0 Å². The van der Waals surface area contributed by atoms with E-state index in [1.165, 1.54) is 39.5 Å². The average Bonchev–Trinajstić information content (AvgIpc) is 2.39. The van der Waals surface area contributed by atoms with E-state index in [4.69, 9.17) is 18.9 Å². The average molecular weight is 257 g/mol. The molecule has 0 saturated heterocycles. The second kappa shape index (κ2) is 6.77. The Kier molecular flexibility index (Phi) is 5.34. The molecule has 1 aromatic carbocycles. The fourth-order valence-electron chi connectivity index (χ4n) is 1.28. The van der Waals surface area contributed by atoms with E-state index < -0.39 is 11.2 Å². The molecule has 0 aliphatic rings. The number of nitro groups is 1. The van der Waals surface area contributed by atoms with Gasteiger partial charge in [-0.3, -0.25) is 10.1 Å². The van der Waals surface area contributed by atoms with Crippen LogP contribution >= 0.6 is 0 Å². The number of hydrogen-bond donors (Lipinski definition) is 0. The van der Waals surface area contributed by atoms with E-state index in [0.29, 0.717) is 5.75 Å². The number of rotatable bonds is 7. The zero-order valence-electron chi connectivity index (χ0n) is 10.4. The Morgan fingerprint density at radius 1 is 1.22 bits per heavy atom. The first-order chi connectivity index (χ1) is 8.62. The van der Waals surface area contributed by atoms with Gasteiger partial charge in [0.1, 0.15) is 6.61 Å². The molecule has 7 nitrogen and oxygen atoms in total. The number of benzene rings is 1. The molecule has 0 fully saturated rings. The molecule has 0 aliphatic heterocycles. The van der Waals surface area contributed by atoms with Crippen LogP contribution in [0.4, 0.5) is 5.69 Å². The highest BCUT2D eigenvalue weighted by Crippen LogP contribution is 2.31. The molecular weight excluding hydrogens is 242 g/mol. The minimum atomic E-state index is -0.547. The van der Waals surface area contributed by atoms with Gasteiger partial charge in [0.25, 0.3) is 5.69 Å². The lowest BCUT2D eigenvalue weighted by atomic mass is 10.3. The molecule has 0 unspecified atom stereocenters. The van der Waals surface area contributed by atoms with Crippen molar-refractivity contribution in [2.24, 2.45) is 0 Å². The van der Waals surface area contributed by atoms with Gasteiger partial charge in [0.2, 0.25) is 0 Å². The molecule has 0 aromatic heterocycles.